The molecule has 0 bridgehead atoms. The normalized spacial score (nSPS) is 10.1. The van der Waals surface area contributed by atoms with Crippen LogP contribution in [0.2, 0.25) is 5.02 Å². The van der Waals surface area contributed by atoms with E-state index in [1.807, 2.05) is 37.3 Å². The minimum Gasteiger partial charge on any atom is -0.343 e. The molecule has 2 aromatic rings. The van der Waals surface area contributed by atoms with Crippen LogP contribution in [0, 0.1) is 0 Å². The lowest BCUT2D eigenvalue weighted by Gasteiger charge is -2.21. The largest absolute Gasteiger partial charge is 0.343 e. The SMILES string of the molecule is CCN(C(=O)CNC(=O)c1cccc(Cl)c1)c1ccccc1. The summed E-state index contributed by atoms with van der Waals surface area (Å²) in [5.41, 5.74) is 1.25. The van der Waals surface area contributed by atoms with Crippen molar-refractivity contribution in [3.05, 3.63) is 65.2 Å². The Kier molecular flexibility index (Phi) is 5.55. The average Bonchev–Trinajstić information content (AvgIpc) is 2.54. The summed E-state index contributed by atoms with van der Waals surface area (Å²) in [6, 6.07) is 16.0. The van der Waals surface area contributed by atoms with E-state index in [4.69, 9.17) is 11.6 Å². The summed E-state index contributed by atoms with van der Waals surface area (Å²) in [6.45, 7) is 2.37. The predicted octanol–water partition coefficient (Wildman–Crippen LogP) is 3.12. The number of carbonyl (C=O) groups is 2. The van der Waals surface area contributed by atoms with Gasteiger partial charge in [0.25, 0.3) is 5.91 Å². The maximum atomic E-state index is 12.3. The van der Waals surface area contributed by atoms with E-state index in [9.17, 15) is 9.59 Å². The maximum absolute atomic E-state index is 12.3. The highest BCUT2D eigenvalue weighted by molar-refractivity contribution is 6.31. The van der Waals surface area contributed by atoms with Gasteiger partial charge in [0.05, 0.1) is 6.54 Å². The van der Waals surface area contributed by atoms with E-state index in [1.54, 1.807) is 29.2 Å². The fourth-order valence-electron chi connectivity index (χ4n) is 2.09. The number of hydrogen-bond donors (Lipinski definition) is 1. The van der Waals surface area contributed by atoms with Crippen LogP contribution in [0.5, 0.6) is 0 Å². The fraction of sp³-hybridized carbons (Fsp3) is 0.176. The lowest BCUT2D eigenvalue weighted by Crippen LogP contribution is -2.40. The molecule has 0 spiro atoms. The van der Waals surface area contributed by atoms with Crippen LogP contribution in [-0.2, 0) is 4.79 Å². The second-order valence-corrected chi connectivity index (χ2v) is 5.10. The highest BCUT2D eigenvalue weighted by Crippen LogP contribution is 2.13. The Hall–Kier alpha value is -2.33. The van der Waals surface area contributed by atoms with E-state index in [-0.39, 0.29) is 18.4 Å². The molecule has 2 rings (SSSR count). The van der Waals surface area contributed by atoms with Crippen LogP contribution in [-0.4, -0.2) is 24.9 Å². The molecule has 5 heteroatoms. The van der Waals surface area contributed by atoms with Crippen molar-refractivity contribution in [2.75, 3.05) is 18.0 Å². The van der Waals surface area contributed by atoms with Crippen LogP contribution < -0.4 is 10.2 Å². The third-order valence-electron chi connectivity index (χ3n) is 3.17. The predicted molar refractivity (Wildman–Crippen MR) is 88.3 cm³/mol. The van der Waals surface area contributed by atoms with Gasteiger partial charge in [0, 0.05) is 22.8 Å². The standard InChI is InChI=1S/C17H17ClN2O2/c1-2-20(15-9-4-3-5-10-15)16(21)12-19-17(22)13-7-6-8-14(18)11-13/h3-11H,2,12H2,1H3,(H,19,22). The minimum atomic E-state index is -0.319. The first-order valence-corrected chi connectivity index (χ1v) is 7.38. The first kappa shape index (κ1) is 16.0. The molecule has 0 saturated carbocycles. The highest BCUT2D eigenvalue weighted by Gasteiger charge is 2.15. The van der Waals surface area contributed by atoms with Crippen molar-refractivity contribution < 1.29 is 9.59 Å². The zero-order valence-corrected chi connectivity index (χ0v) is 13.0. The number of benzene rings is 2. The molecule has 0 atom stereocenters. The molecular weight excluding hydrogens is 300 g/mol. The number of hydrogen-bond acceptors (Lipinski definition) is 2. The number of rotatable bonds is 5. The summed E-state index contributed by atoms with van der Waals surface area (Å²) < 4.78 is 0. The molecule has 2 amide bonds. The Bertz CT molecular complexity index is 659. The number of nitrogens with zero attached hydrogens (tertiary/aromatic N) is 1. The Labute approximate surface area is 134 Å². The lowest BCUT2D eigenvalue weighted by molar-refractivity contribution is -0.117. The number of amides is 2. The molecule has 0 heterocycles. The zero-order valence-electron chi connectivity index (χ0n) is 12.3. The topological polar surface area (TPSA) is 49.4 Å². The van der Waals surface area contributed by atoms with E-state index in [0.29, 0.717) is 17.1 Å². The van der Waals surface area contributed by atoms with Gasteiger partial charge in [0.15, 0.2) is 0 Å². The second kappa shape index (κ2) is 7.61. The molecule has 1 N–H and O–H groups in total. The molecule has 0 fully saturated rings. The van der Waals surface area contributed by atoms with E-state index < -0.39 is 0 Å². The molecule has 0 aliphatic carbocycles. The van der Waals surface area contributed by atoms with Crippen LogP contribution in [0.3, 0.4) is 0 Å². The van der Waals surface area contributed by atoms with Crippen molar-refractivity contribution in [3.8, 4) is 0 Å². The van der Waals surface area contributed by atoms with Crippen LogP contribution in [0.1, 0.15) is 17.3 Å². The molecule has 4 nitrogen and oxygen atoms in total. The van der Waals surface area contributed by atoms with Gasteiger partial charge < -0.3 is 10.2 Å². The molecule has 22 heavy (non-hydrogen) atoms. The molecule has 0 radical (unpaired) electrons. The quantitative estimate of drug-likeness (QED) is 0.921. The number of carbonyl (C=O) groups excluding carboxylic acids is 2. The van der Waals surface area contributed by atoms with E-state index in [0.717, 1.165) is 5.69 Å². The van der Waals surface area contributed by atoms with Gasteiger partial charge in [-0.3, -0.25) is 9.59 Å². The summed E-state index contributed by atoms with van der Waals surface area (Å²) in [6.07, 6.45) is 0. The van der Waals surface area contributed by atoms with E-state index >= 15 is 0 Å². The molecule has 2 aromatic carbocycles. The molecule has 0 saturated heterocycles. The third-order valence-corrected chi connectivity index (χ3v) is 3.41. The van der Waals surface area contributed by atoms with Gasteiger partial charge >= 0.3 is 0 Å². The van der Waals surface area contributed by atoms with Gasteiger partial charge in [-0.2, -0.15) is 0 Å². The van der Waals surface area contributed by atoms with Gasteiger partial charge in [-0.15, -0.1) is 0 Å². The summed E-state index contributed by atoms with van der Waals surface area (Å²) in [4.78, 5) is 25.9. The number of halogens is 1. The van der Waals surface area contributed by atoms with Gasteiger partial charge in [-0.1, -0.05) is 35.9 Å². The smallest absolute Gasteiger partial charge is 0.251 e. The fourth-order valence-corrected chi connectivity index (χ4v) is 2.28. The Morgan fingerprint density at radius 2 is 1.82 bits per heavy atom. The van der Waals surface area contributed by atoms with Gasteiger partial charge in [0.1, 0.15) is 0 Å². The molecule has 114 valence electrons. The highest BCUT2D eigenvalue weighted by atomic mass is 35.5. The van der Waals surface area contributed by atoms with Crippen molar-refractivity contribution in [2.45, 2.75) is 6.92 Å². The first-order valence-electron chi connectivity index (χ1n) is 7.01. The van der Waals surface area contributed by atoms with Crippen molar-refractivity contribution in [3.63, 3.8) is 0 Å². The minimum absolute atomic E-state index is 0.0614. The summed E-state index contributed by atoms with van der Waals surface area (Å²) >= 11 is 5.85. The molecule has 0 unspecified atom stereocenters. The van der Waals surface area contributed by atoms with Crippen molar-refractivity contribution in [1.82, 2.24) is 5.32 Å². The molecule has 0 aliphatic rings. The summed E-state index contributed by atoms with van der Waals surface area (Å²) in [5.74, 6) is -0.482. The maximum Gasteiger partial charge on any atom is 0.251 e. The van der Waals surface area contributed by atoms with Gasteiger partial charge in [-0.05, 0) is 37.3 Å². The van der Waals surface area contributed by atoms with E-state index in [1.165, 1.54) is 0 Å². The monoisotopic (exact) mass is 316 g/mol. The van der Waals surface area contributed by atoms with Crippen molar-refractivity contribution in [2.24, 2.45) is 0 Å². The molecule has 0 aliphatic heterocycles. The number of anilines is 1. The van der Waals surface area contributed by atoms with Crippen LogP contribution in [0.4, 0.5) is 5.69 Å². The second-order valence-electron chi connectivity index (χ2n) is 4.67. The number of likely N-dealkylation sites (N-methyl/N-ethyl adjacent to an activating group) is 1. The first-order chi connectivity index (χ1) is 10.6. The Morgan fingerprint density at radius 3 is 2.45 bits per heavy atom. The van der Waals surface area contributed by atoms with Crippen LogP contribution >= 0.6 is 11.6 Å². The average molecular weight is 317 g/mol. The molecular formula is C17H17ClN2O2. The lowest BCUT2D eigenvalue weighted by atomic mass is 10.2. The summed E-state index contributed by atoms with van der Waals surface area (Å²) in [7, 11) is 0. The van der Waals surface area contributed by atoms with Gasteiger partial charge in [0.2, 0.25) is 5.91 Å². The third kappa shape index (κ3) is 4.09. The van der Waals surface area contributed by atoms with Crippen molar-refractivity contribution in [1.29, 1.82) is 0 Å². The number of para-hydroxylation sites is 1. The van der Waals surface area contributed by atoms with Crippen LogP contribution in [0.15, 0.2) is 54.6 Å². The van der Waals surface area contributed by atoms with E-state index in [2.05, 4.69) is 5.32 Å². The molecule has 0 aromatic heterocycles. The van der Waals surface area contributed by atoms with Gasteiger partial charge in [-0.25, -0.2) is 0 Å². The zero-order chi connectivity index (χ0) is 15.9. The van der Waals surface area contributed by atoms with Crippen LogP contribution in [0.25, 0.3) is 0 Å². The Morgan fingerprint density at radius 1 is 1.09 bits per heavy atom. The number of nitrogens with one attached hydrogen (secondary N) is 1. The summed E-state index contributed by atoms with van der Waals surface area (Å²) in [5, 5.41) is 3.11. The Balaban J connectivity index is 1.98. The van der Waals surface area contributed by atoms with Crippen molar-refractivity contribution >= 4 is 29.1 Å².